The predicted molar refractivity (Wildman–Crippen MR) is 68.1 cm³/mol. The molecule has 1 aliphatic carbocycles. The zero-order chi connectivity index (χ0) is 11.4. The molecule has 0 spiro atoms. The highest BCUT2D eigenvalue weighted by Gasteiger charge is 2.20. The molecule has 1 aromatic rings. The van der Waals surface area contributed by atoms with E-state index >= 15 is 0 Å². The zero-order valence-electron chi connectivity index (χ0n) is 10.2. The Labute approximate surface area is 98.3 Å². The van der Waals surface area contributed by atoms with Crippen molar-refractivity contribution < 1.29 is 0 Å². The maximum atomic E-state index is 5.88. The van der Waals surface area contributed by atoms with Crippen molar-refractivity contribution in [3.8, 4) is 0 Å². The molecular weight excluding hydrogens is 196 g/mol. The second kappa shape index (κ2) is 5.33. The Kier molecular flexibility index (Phi) is 3.81. The Morgan fingerprint density at radius 2 is 1.94 bits per heavy atom. The lowest BCUT2D eigenvalue weighted by molar-refractivity contribution is 0.268. The van der Waals surface area contributed by atoms with Crippen LogP contribution in [0.1, 0.15) is 44.6 Å². The molecule has 1 aromatic heterocycles. The number of nitrogen functional groups attached to an aromatic ring is 1. The molecule has 0 bridgehead atoms. The van der Waals surface area contributed by atoms with Gasteiger partial charge in [0.2, 0.25) is 0 Å². The number of nitrogens with zero attached hydrogens (tertiary/aromatic N) is 1. The first kappa shape index (κ1) is 11.4. The molecule has 0 amide bonds. The summed E-state index contributed by atoms with van der Waals surface area (Å²) in [5, 5.41) is 0. The number of rotatable bonds is 3. The van der Waals surface area contributed by atoms with Gasteiger partial charge in [-0.1, -0.05) is 32.3 Å². The first-order chi connectivity index (χ1) is 7.79. The molecule has 2 N–H and O–H groups in total. The van der Waals surface area contributed by atoms with E-state index in [0.717, 1.165) is 24.1 Å². The van der Waals surface area contributed by atoms with Gasteiger partial charge in [0.1, 0.15) is 5.82 Å². The highest BCUT2D eigenvalue weighted by Crippen LogP contribution is 2.33. The van der Waals surface area contributed by atoms with Gasteiger partial charge in [0.15, 0.2) is 0 Å². The summed E-state index contributed by atoms with van der Waals surface area (Å²) in [5.41, 5.74) is 7.12. The quantitative estimate of drug-likeness (QED) is 0.844. The van der Waals surface area contributed by atoms with Gasteiger partial charge >= 0.3 is 0 Å². The number of hydrogen-bond donors (Lipinski definition) is 1. The molecule has 0 unspecified atom stereocenters. The Morgan fingerprint density at radius 3 is 2.56 bits per heavy atom. The molecule has 0 radical (unpaired) electrons. The fourth-order valence-corrected chi connectivity index (χ4v) is 2.78. The summed E-state index contributed by atoms with van der Waals surface area (Å²) in [6.07, 6.45) is 9.78. The third kappa shape index (κ3) is 2.75. The van der Waals surface area contributed by atoms with E-state index in [1.54, 1.807) is 6.20 Å². The first-order valence-electron chi connectivity index (χ1n) is 6.49. The van der Waals surface area contributed by atoms with Gasteiger partial charge in [0, 0.05) is 6.20 Å². The maximum absolute atomic E-state index is 5.88. The zero-order valence-corrected chi connectivity index (χ0v) is 10.2. The highest BCUT2D eigenvalue weighted by molar-refractivity contribution is 5.38. The molecule has 0 aromatic carbocycles. The van der Waals surface area contributed by atoms with Gasteiger partial charge in [0.05, 0.1) is 0 Å². The molecule has 2 heteroatoms. The minimum absolute atomic E-state index is 0.722. The first-order valence-corrected chi connectivity index (χ1v) is 6.49. The van der Waals surface area contributed by atoms with Crippen molar-refractivity contribution in [3.05, 3.63) is 23.9 Å². The number of aromatic nitrogens is 1. The molecule has 1 heterocycles. The third-order valence-electron chi connectivity index (χ3n) is 3.98. The molecule has 0 aliphatic heterocycles. The van der Waals surface area contributed by atoms with Crippen molar-refractivity contribution >= 4 is 5.82 Å². The summed E-state index contributed by atoms with van der Waals surface area (Å²) in [7, 11) is 0. The predicted octanol–water partition coefficient (Wildman–Crippen LogP) is 3.42. The number of hydrogen-bond acceptors (Lipinski definition) is 2. The van der Waals surface area contributed by atoms with Gasteiger partial charge in [-0.2, -0.15) is 0 Å². The van der Waals surface area contributed by atoms with Crippen LogP contribution in [0.5, 0.6) is 0 Å². The normalized spacial score (nSPS) is 25.6. The van der Waals surface area contributed by atoms with Crippen molar-refractivity contribution in [3.63, 3.8) is 0 Å². The Morgan fingerprint density at radius 1 is 1.25 bits per heavy atom. The lowest BCUT2D eigenvalue weighted by Crippen LogP contribution is -2.16. The van der Waals surface area contributed by atoms with Gasteiger partial charge in [-0.15, -0.1) is 0 Å². The van der Waals surface area contributed by atoms with Crippen LogP contribution in [-0.4, -0.2) is 4.98 Å². The Balaban J connectivity index is 1.89. The lowest BCUT2D eigenvalue weighted by atomic mass is 9.78. The summed E-state index contributed by atoms with van der Waals surface area (Å²) >= 11 is 0. The number of anilines is 1. The van der Waals surface area contributed by atoms with E-state index in [1.807, 2.05) is 6.07 Å². The fourth-order valence-electron chi connectivity index (χ4n) is 2.78. The van der Waals surface area contributed by atoms with Crippen LogP contribution in [0.15, 0.2) is 18.3 Å². The summed E-state index contributed by atoms with van der Waals surface area (Å²) in [6, 6.07) is 4.11. The van der Waals surface area contributed by atoms with E-state index in [1.165, 1.54) is 37.7 Å². The second-order valence-electron chi connectivity index (χ2n) is 5.05. The van der Waals surface area contributed by atoms with Crippen LogP contribution in [0.2, 0.25) is 0 Å². The molecule has 0 saturated heterocycles. The fraction of sp³-hybridized carbons (Fsp3) is 0.643. The van der Waals surface area contributed by atoms with Crippen LogP contribution in [-0.2, 0) is 6.42 Å². The van der Waals surface area contributed by atoms with E-state index in [2.05, 4.69) is 18.0 Å². The van der Waals surface area contributed by atoms with Gasteiger partial charge in [-0.3, -0.25) is 0 Å². The van der Waals surface area contributed by atoms with Gasteiger partial charge in [-0.25, -0.2) is 4.98 Å². The molecule has 2 rings (SSSR count). The summed E-state index contributed by atoms with van der Waals surface area (Å²) in [5.74, 6) is 2.52. The van der Waals surface area contributed by atoms with Crippen molar-refractivity contribution in [2.75, 3.05) is 5.73 Å². The minimum Gasteiger partial charge on any atom is -0.383 e. The smallest absolute Gasteiger partial charge is 0.126 e. The average Bonchev–Trinajstić information content (AvgIpc) is 2.33. The lowest BCUT2D eigenvalue weighted by Gasteiger charge is -2.27. The van der Waals surface area contributed by atoms with E-state index in [0.29, 0.717) is 0 Å². The summed E-state index contributed by atoms with van der Waals surface area (Å²) < 4.78 is 0. The molecule has 2 nitrogen and oxygen atoms in total. The molecule has 1 aliphatic rings. The topological polar surface area (TPSA) is 38.9 Å². The van der Waals surface area contributed by atoms with Crippen LogP contribution >= 0.6 is 0 Å². The molecule has 16 heavy (non-hydrogen) atoms. The van der Waals surface area contributed by atoms with Gasteiger partial charge < -0.3 is 5.73 Å². The van der Waals surface area contributed by atoms with Crippen molar-refractivity contribution in [2.24, 2.45) is 11.8 Å². The molecule has 88 valence electrons. The van der Waals surface area contributed by atoms with E-state index in [4.69, 9.17) is 5.73 Å². The maximum Gasteiger partial charge on any atom is 0.126 e. The molecule has 1 saturated carbocycles. The van der Waals surface area contributed by atoms with Crippen LogP contribution < -0.4 is 5.73 Å². The summed E-state index contributed by atoms with van der Waals surface area (Å²) in [6.45, 7) is 2.31. The van der Waals surface area contributed by atoms with E-state index in [9.17, 15) is 0 Å². The van der Waals surface area contributed by atoms with Crippen LogP contribution in [0, 0.1) is 11.8 Å². The van der Waals surface area contributed by atoms with E-state index in [-0.39, 0.29) is 0 Å². The van der Waals surface area contributed by atoms with Crippen molar-refractivity contribution in [2.45, 2.75) is 45.4 Å². The van der Waals surface area contributed by atoms with Crippen LogP contribution in [0.3, 0.4) is 0 Å². The third-order valence-corrected chi connectivity index (χ3v) is 3.98. The highest BCUT2D eigenvalue weighted by atomic mass is 14.8. The molecular formula is C14H22N2. The standard InChI is InChI=1S/C14H22N2/c1-2-11-5-7-12(8-6-11)10-13-4-3-9-16-14(13)15/h3-4,9,11-12H,2,5-8,10H2,1H3,(H2,15,16). The SMILES string of the molecule is CCC1CCC(Cc2cccnc2N)CC1. The summed E-state index contributed by atoms with van der Waals surface area (Å²) in [4.78, 5) is 4.15. The second-order valence-corrected chi connectivity index (χ2v) is 5.05. The van der Waals surface area contributed by atoms with Crippen molar-refractivity contribution in [1.29, 1.82) is 0 Å². The largest absolute Gasteiger partial charge is 0.383 e. The Hall–Kier alpha value is -1.05. The van der Waals surface area contributed by atoms with Crippen LogP contribution in [0.25, 0.3) is 0 Å². The molecule has 0 atom stereocenters. The van der Waals surface area contributed by atoms with Gasteiger partial charge in [0.25, 0.3) is 0 Å². The van der Waals surface area contributed by atoms with Gasteiger partial charge in [-0.05, 0) is 42.7 Å². The Bertz CT molecular complexity index is 327. The number of nitrogens with two attached hydrogens (primary N) is 1. The van der Waals surface area contributed by atoms with Crippen LogP contribution in [0.4, 0.5) is 5.82 Å². The average molecular weight is 218 g/mol. The monoisotopic (exact) mass is 218 g/mol. The number of pyridine rings is 1. The molecule has 1 fully saturated rings. The van der Waals surface area contributed by atoms with E-state index < -0.39 is 0 Å². The minimum atomic E-state index is 0.722. The van der Waals surface area contributed by atoms with Crippen molar-refractivity contribution in [1.82, 2.24) is 4.98 Å².